The Labute approximate surface area is 139 Å². The van der Waals surface area contributed by atoms with Gasteiger partial charge in [0.05, 0.1) is 17.9 Å². The minimum absolute atomic E-state index is 0.147. The molecule has 0 unspecified atom stereocenters. The van der Waals surface area contributed by atoms with Gasteiger partial charge in [-0.15, -0.1) is 10.2 Å². The molecule has 1 fully saturated rings. The van der Waals surface area contributed by atoms with Crippen molar-refractivity contribution in [1.29, 1.82) is 0 Å². The molecule has 1 aromatic heterocycles. The van der Waals surface area contributed by atoms with Gasteiger partial charge in [0.1, 0.15) is 5.75 Å². The summed E-state index contributed by atoms with van der Waals surface area (Å²) in [5, 5.41) is 18.1. The van der Waals surface area contributed by atoms with E-state index in [1.807, 2.05) is 17.0 Å². The number of piperazine rings is 1. The minimum atomic E-state index is -0.324. The molecule has 0 bridgehead atoms. The van der Waals surface area contributed by atoms with Crippen molar-refractivity contribution >= 4 is 17.4 Å². The Morgan fingerprint density at radius 2 is 1.88 bits per heavy atom. The molecular weight excluding hydrogens is 308 g/mol. The van der Waals surface area contributed by atoms with Gasteiger partial charge in [0.15, 0.2) is 5.82 Å². The van der Waals surface area contributed by atoms with Gasteiger partial charge in [0.2, 0.25) is 5.91 Å². The van der Waals surface area contributed by atoms with Gasteiger partial charge in [0.25, 0.3) is 0 Å². The summed E-state index contributed by atoms with van der Waals surface area (Å²) in [6.45, 7) is 3.13. The van der Waals surface area contributed by atoms with Gasteiger partial charge in [-0.25, -0.2) is 0 Å². The van der Waals surface area contributed by atoms with E-state index >= 15 is 0 Å². The normalized spacial score (nSPS) is 15.4. The molecule has 1 aromatic carbocycles. The van der Waals surface area contributed by atoms with Gasteiger partial charge < -0.3 is 21.5 Å². The average Bonchev–Trinajstić information content (AvgIpc) is 2.56. The topological polar surface area (TPSA) is 122 Å². The summed E-state index contributed by atoms with van der Waals surface area (Å²) < 4.78 is 0. The number of rotatable bonds is 4. The third kappa shape index (κ3) is 3.38. The maximum Gasteiger partial charge on any atom is 0.231 e. The lowest BCUT2D eigenvalue weighted by molar-refractivity contribution is -0.119. The second kappa shape index (κ2) is 6.71. The molecule has 0 aliphatic carbocycles. The Hall–Kier alpha value is -2.87. The van der Waals surface area contributed by atoms with E-state index < -0.39 is 0 Å². The molecule has 126 valence electrons. The van der Waals surface area contributed by atoms with Crippen LogP contribution < -0.4 is 16.4 Å². The van der Waals surface area contributed by atoms with Gasteiger partial charge in [-0.2, -0.15) is 0 Å². The molecule has 0 spiro atoms. The number of primary amides is 1. The quantitative estimate of drug-likeness (QED) is 0.724. The smallest absolute Gasteiger partial charge is 0.231 e. The number of nitrogens with two attached hydrogens (primary N) is 2. The summed E-state index contributed by atoms with van der Waals surface area (Å²) in [5.74, 6) is 0.168. The molecule has 24 heavy (non-hydrogen) atoms. The van der Waals surface area contributed by atoms with E-state index in [-0.39, 0.29) is 18.2 Å². The molecule has 0 radical (unpaired) electrons. The lowest BCUT2D eigenvalue weighted by Gasteiger charge is -2.35. The maximum atomic E-state index is 11.0. The lowest BCUT2D eigenvalue weighted by atomic mass is 10.1. The van der Waals surface area contributed by atoms with Gasteiger partial charge in [0, 0.05) is 31.7 Å². The van der Waals surface area contributed by atoms with Crippen molar-refractivity contribution in [2.24, 2.45) is 5.73 Å². The number of benzene rings is 1. The number of para-hydroxylation sites is 1. The molecule has 1 aliphatic heterocycles. The van der Waals surface area contributed by atoms with E-state index in [0.717, 1.165) is 18.8 Å². The highest BCUT2D eigenvalue weighted by molar-refractivity contribution is 5.76. The summed E-state index contributed by atoms with van der Waals surface area (Å²) >= 11 is 0. The predicted molar refractivity (Wildman–Crippen MR) is 91.4 cm³/mol. The van der Waals surface area contributed by atoms with Crippen LogP contribution in [-0.2, 0) is 4.79 Å². The van der Waals surface area contributed by atoms with Gasteiger partial charge in [-0.3, -0.25) is 9.69 Å². The van der Waals surface area contributed by atoms with Crippen molar-refractivity contribution in [1.82, 2.24) is 15.1 Å². The molecule has 8 nitrogen and oxygen atoms in total. The van der Waals surface area contributed by atoms with E-state index in [1.165, 1.54) is 0 Å². The molecule has 1 aliphatic rings. The largest absolute Gasteiger partial charge is 0.507 e. The SMILES string of the molecule is NC(=O)CN1CCN(c2cc(-c3ccccc3O)nnc2N)CC1. The Kier molecular flexibility index (Phi) is 4.48. The van der Waals surface area contributed by atoms with Crippen molar-refractivity contribution < 1.29 is 9.90 Å². The van der Waals surface area contributed by atoms with Crippen LogP contribution in [0, 0.1) is 0 Å². The number of nitrogens with zero attached hydrogens (tertiary/aromatic N) is 4. The number of carbonyl (C=O) groups is 1. The van der Waals surface area contributed by atoms with Gasteiger partial charge in [-0.05, 0) is 18.2 Å². The van der Waals surface area contributed by atoms with E-state index in [9.17, 15) is 9.90 Å². The molecule has 8 heteroatoms. The van der Waals surface area contributed by atoms with Gasteiger partial charge >= 0.3 is 0 Å². The van der Waals surface area contributed by atoms with Crippen molar-refractivity contribution in [2.75, 3.05) is 43.4 Å². The minimum Gasteiger partial charge on any atom is -0.507 e. The number of hydrogen-bond acceptors (Lipinski definition) is 7. The molecule has 0 saturated carbocycles. The first kappa shape index (κ1) is 16.0. The molecular formula is C16H20N6O2. The van der Waals surface area contributed by atoms with Crippen LogP contribution in [0.2, 0.25) is 0 Å². The van der Waals surface area contributed by atoms with Crippen LogP contribution in [0.4, 0.5) is 11.5 Å². The van der Waals surface area contributed by atoms with Crippen LogP contribution in [0.5, 0.6) is 5.75 Å². The van der Waals surface area contributed by atoms with E-state index in [1.54, 1.807) is 18.2 Å². The first-order valence-corrected chi connectivity index (χ1v) is 7.72. The molecule has 0 atom stereocenters. The third-order valence-corrected chi connectivity index (χ3v) is 4.07. The lowest BCUT2D eigenvalue weighted by Crippen LogP contribution is -2.49. The summed E-state index contributed by atoms with van der Waals surface area (Å²) in [7, 11) is 0. The number of phenols is 1. The number of nitrogen functional groups attached to an aromatic ring is 1. The average molecular weight is 328 g/mol. The highest BCUT2D eigenvalue weighted by Gasteiger charge is 2.21. The number of carbonyl (C=O) groups excluding carboxylic acids is 1. The molecule has 1 saturated heterocycles. The molecule has 2 aromatic rings. The molecule has 2 heterocycles. The highest BCUT2D eigenvalue weighted by Crippen LogP contribution is 2.31. The maximum absolute atomic E-state index is 11.0. The Bertz CT molecular complexity index is 743. The number of phenolic OH excluding ortho intramolecular Hbond substituents is 1. The first-order chi connectivity index (χ1) is 11.5. The summed E-state index contributed by atoms with van der Waals surface area (Å²) in [5.41, 5.74) is 13.2. The third-order valence-electron chi connectivity index (χ3n) is 4.07. The van der Waals surface area contributed by atoms with Crippen LogP contribution in [0.25, 0.3) is 11.3 Å². The zero-order valence-corrected chi connectivity index (χ0v) is 13.2. The molecule has 5 N–H and O–H groups in total. The zero-order chi connectivity index (χ0) is 17.1. The Morgan fingerprint density at radius 1 is 1.17 bits per heavy atom. The van der Waals surface area contributed by atoms with Crippen molar-refractivity contribution in [2.45, 2.75) is 0 Å². The van der Waals surface area contributed by atoms with E-state index in [2.05, 4.69) is 15.1 Å². The van der Waals surface area contributed by atoms with Crippen LogP contribution in [0.15, 0.2) is 30.3 Å². The summed E-state index contributed by atoms with van der Waals surface area (Å²) in [4.78, 5) is 15.1. The second-order valence-electron chi connectivity index (χ2n) is 5.75. The summed E-state index contributed by atoms with van der Waals surface area (Å²) in [6, 6.07) is 8.80. The fraction of sp³-hybridized carbons (Fsp3) is 0.312. The predicted octanol–water partition coefficient (Wildman–Crippen LogP) is 0.0387. The number of aromatic nitrogens is 2. The highest BCUT2D eigenvalue weighted by atomic mass is 16.3. The molecule has 3 rings (SSSR count). The Morgan fingerprint density at radius 3 is 2.54 bits per heavy atom. The number of anilines is 2. The number of amides is 1. The number of hydrogen-bond donors (Lipinski definition) is 3. The standard InChI is InChI=1S/C16H20N6O2/c17-15(24)10-21-5-7-22(8-6-21)13-9-12(19-20-16(13)18)11-3-1-2-4-14(11)23/h1-4,9,23H,5-8,10H2,(H2,17,24)(H2,18,20). The van der Waals surface area contributed by atoms with E-state index in [0.29, 0.717) is 30.2 Å². The second-order valence-corrected chi connectivity index (χ2v) is 5.75. The fourth-order valence-electron chi connectivity index (χ4n) is 2.83. The zero-order valence-electron chi connectivity index (χ0n) is 13.2. The van der Waals surface area contributed by atoms with Crippen LogP contribution in [0.1, 0.15) is 0 Å². The summed E-state index contributed by atoms with van der Waals surface area (Å²) in [6.07, 6.45) is 0. The molecule has 1 amide bonds. The monoisotopic (exact) mass is 328 g/mol. The van der Waals surface area contributed by atoms with Crippen LogP contribution >= 0.6 is 0 Å². The first-order valence-electron chi connectivity index (χ1n) is 7.72. The van der Waals surface area contributed by atoms with Crippen molar-refractivity contribution in [3.63, 3.8) is 0 Å². The van der Waals surface area contributed by atoms with Crippen LogP contribution in [-0.4, -0.2) is 58.8 Å². The van der Waals surface area contributed by atoms with Crippen molar-refractivity contribution in [3.8, 4) is 17.0 Å². The fourth-order valence-corrected chi connectivity index (χ4v) is 2.83. The van der Waals surface area contributed by atoms with Crippen LogP contribution in [0.3, 0.4) is 0 Å². The van der Waals surface area contributed by atoms with E-state index in [4.69, 9.17) is 11.5 Å². The number of aromatic hydroxyl groups is 1. The van der Waals surface area contributed by atoms with Gasteiger partial charge in [-0.1, -0.05) is 12.1 Å². The van der Waals surface area contributed by atoms with Crippen molar-refractivity contribution in [3.05, 3.63) is 30.3 Å². The Balaban J connectivity index is 1.81.